The number of rotatable bonds is 6. The molecule has 3 aromatic rings. The highest BCUT2D eigenvalue weighted by Crippen LogP contribution is 2.25. The van der Waals surface area contributed by atoms with Gasteiger partial charge in [-0.25, -0.2) is 4.39 Å². The predicted octanol–water partition coefficient (Wildman–Crippen LogP) is 3.53. The zero-order valence-corrected chi connectivity index (χ0v) is 19.5. The number of carbonyl (C=O) groups is 3. The molecule has 0 aliphatic heterocycles. The molecule has 1 aromatic carbocycles. The van der Waals surface area contributed by atoms with Crippen LogP contribution in [0.2, 0.25) is 0 Å². The Morgan fingerprint density at radius 2 is 1.76 bits per heavy atom. The van der Waals surface area contributed by atoms with Gasteiger partial charge in [-0.05, 0) is 69.2 Å². The molecule has 3 rings (SSSR count). The summed E-state index contributed by atoms with van der Waals surface area (Å²) in [6.45, 7) is 6.77. The highest BCUT2D eigenvalue weighted by Gasteiger charge is 2.32. The SMILES string of the molecule is Cc1c(C(=O)C(=O)NC(C)(C)c2ccncc2)c(C)n(C)c1C(=O)Nc1ccc(F)c(C#N)c1. The molecule has 2 aromatic heterocycles. The minimum atomic E-state index is -0.826. The molecule has 34 heavy (non-hydrogen) atoms. The number of ketones is 1. The van der Waals surface area contributed by atoms with Crippen LogP contribution in [0.5, 0.6) is 0 Å². The van der Waals surface area contributed by atoms with Crippen LogP contribution in [0.3, 0.4) is 0 Å². The molecule has 0 fully saturated rings. The van der Waals surface area contributed by atoms with Gasteiger partial charge in [0.2, 0.25) is 0 Å². The van der Waals surface area contributed by atoms with Gasteiger partial charge in [0, 0.05) is 30.8 Å². The third kappa shape index (κ3) is 4.57. The highest BCUT2D eigenvalue weighted by atomic mass is 19.1. The highest BCUT2D eigenvalue weighted by molar-refractivity contribution is 6.43. The summed E-state index contributed by atoms with van der Waals surface area (Å²) in [4.78, 5) is 42.9. The number of Topliss-reactive ketones (excluding diaryl/α,β-unsaturated/α-hetero) is 1. The maximum Gasteiger partial charge on any atom is 0.293 e. The molecule has 0 saturated heterocycles. The molecule has 9 heteroatoms. The van der Waals surface area contributed by atoms with E-state index in [4.69, 9.17) is 5.26 Å². The van der Waals surface area contributed by atoms with Crippen LogP contribution >= 0.6 is 0 Å². The van der Waals surface area contributed by atoms with E-state index in [0.717, 1.165) is 11.6 Å². The Morgan fingerprint density at radius 1 is 1.12 bits per heavy atom. The van der Waals surface area contributed by atoms with E-state index in [1.165, 1.54) is 16.7 Å². The van der Waals surface area contributed by atoms with Gasteiger partial charge in [-0.2, -0.15) is 5.26 Å². The van der Waals surface area contributed by atoms with Crippen molar-refractivity contribution in [3.05, 3.63) is 82.2 Å². The van der Waals surface area contributed by atoms with Gasteiger partial charge in [-0.1, -0.05) is 0 Å². The second-order valence-corrected chi connectivity index (χ2v) is 8.40. The molecule has 2 N–H and O–H groups in total. The van der Waals surface area contributed by atoms with Crippen LogP contribution in [0.1, 0.15) is 57.1 Å². The van der Waals surface area contributed by atoms with Crippen LogP contribution in [0.15, 0.2) is 42.7 Å². The summed E-state index contributed by atoms with van der Waals surface area (Å²) in [5.74, 6) is -2.82. The number of aromatic nitrogens is 2. The van der Waals surface area contributed by atoms with Gasteiger partial charge in [0.15, 0.2) is 0 Å². The smallest absolute Gasteiger partial charge is 0.293 e. The number of carbonyl (C=O) groups excluding carboxylic acids is 3. The number of halogens is 1. The number of anilines is 1. The first-order chi connectivity index (χ1) is 16.0. The van der Waals surface area contributed by atoms with Gasteiger partial charge in [0.25, 0.3) is 17.6 Å². The summed E-state index contributed by atoms with van der Waals surface area (Å²) in [5, 5.41) is 14.4. The van der Waals surface area contributed by atoms with Crippen molar-refractivity contribution in [1.82, 2.24) is 14.9 Å². The Kier molecular flexibility index (Phi) is 6.63. The average molecular weight is 461 g/mol. The Labute approximate surface area is 196 Å². The first-order valence-corrected chi connectivity index (χ1v) is 10.4. The number of nitrogens with one attached hydrogen (secondary N) is 2. The standard InChI is InChI=1S/C25H24FN5O3/c1-14-20(22(32)24(34)30-25(3,4)17-8-10-28-11-9-17)15(2)31(5)21(14)23(33)29-18-6-7-19(26)16(12-18)13-27/h6-12H,1-5H3,(H,29,33)(H,30,34). The second-order valence-electron chi connectivity index (χ2n) is 8.40. The molecule has 8 nitrogen and oxygen atoms in total. The fraction of sp³-hybridized carbons (Fsp3) is 0.240. The summed E-state index contributed by atoms with van der Waals surface area (Å²) in [5.41, 5.74) is 1.06. The zero-order valence-electron chi connectivity index (χ0n) is 19.5. The normalized spacial score (nSPS) is 11.0. The molecule has 0 aliphatic rings. The third-order valence-corrected chi connectivity index (χ3v) is 5.75. The molecule has 2 amide bonds. The van der Waals surface area contributed by atoms with Crippen molar-refractivity contribution < 1.29 is 18.8 Å². The lowest BCUT2D eigenvalue weighted by molar-refractivity contribution is -0.118. The van der Waals surface area contributed by atoms with Gasteiger partial charge in [-0.3, -0.25) is 19.4 Å². The molecule has 0 unspecified atom stereocenters. The van der Waals surface area contributed by atoms with E-state index in [-0.39, 0.29) is 22.5 Å². The number of benzene rings is 1. The van der Waals surface area contributed by atoms with Crippen LogP contribution in [-0.4, -0.2) is 27.1 Å². The topological polar surface area (TPSA) is 117 Å². The molecule has 0 bridgehead atoms. The van der Waals surface area contributed by atoms with E-state index in [1.807, 2.05) is 0 Å². The van der Waals surface area contributed by atoms with Gasteiger partial charge in [0.05, 0.1) is 16.7 Å². The van der Waals surface area contributed by atoms with Gasteiger partial charge in [-0.15, -0.1) is 0 Å². The number of hydrogen-bond donors (Lipinski definition) is 2. The van der Waals surface area contributed by atoms with E-state index in [0.29, 0.717) is 11.3 Å². The Hall–Kier alpha value is -4.32. The molecule has 174 valence electrons. The van der Waals surface area contributed by atoms with Crippen molar-refractivity contribution >= 4 is 23.3 Å². The quantitative estimate of drug-likeness (QED) is 0.430. The molecular weight excluding hydrogens is 437 g/mol. The summed E-state index contributed by atoms with van der Waals surface area (Å²) in [7, 11) is 1.61. The zero-order chi connectivity index (χ0) is 25.2. The molecule has 0 spiro atoms. The van der Waals surface area contributed by atoms with E-state index >= 15 is 0 Å². The van der Waals surface area contributed by atoms with E-state index in [2.05, 4.69) is 15.6 Å². The molecule has 0 aliphatic carbocycles. The fourth-order valence-corrected chi connectivity index (χ4v) is 3.81. The van der Waals surface area contributed by atoms with E-state index < -0.39 is 29.0 Å². The van der Waals surface area contributed by atoms with Crippen molar-refractivity contribution in [2.24, 2.45) is 7.05 Å². The van der Waals surface area contributed by atoms with Crippen molar-refractivity contribution in [1.29, 1.82) is 5.26 Å². The molecule has 0 saturated carbocycles. The molecular formula is C25H24FN5O3. The number of pyridine rings is 1. The Bertz CT molecular complexity index is 1340. The van der Waals surface area contributed by atoms with Crippen LogP contribution in [0.25, 0.3) is 0 Å². The van der Waals surface area contributed by atoms with Crippen molar-refractivity contribution in [2.75, 3.05) is 5.32 Å². The van der Waals surface area contributed by atoms with Crippen LogP contribution in [-0.2, 0) is 17.4 Å². The first-order valence-electron chi connectivity index (χ1n) is 10.4. The summed E-state index contributed by atoms with van der Waals surface area (Å²) in [6.07, 6.45) is 3.20. The number of nitrogens with zero attached hydrogens (tertiary/aromatic N) is 3. The van der Waals surface area contributed by atoms with E-state index in [9.17, 15) is 18.8 Å². The fourth-order valence-electron chi connectivity index (χ4n) is 3.81. The molecule has 0 atom stereocenters. The second kappa shape index (κ2) is 9.27. The number of amides is 2. The van der Waals surface area contributed by atoms with E-state index in [1.54, 1.807) is 65.3 Å². The predicted molar refractivity (Wildman–Crippen MR) is 124 cm³/mol. The van der Waals surface area contributed by atoms with Crippen molar-refractivity contribution in [2.45, 2.75) is 33.2 Å². The van der Waals surface area contributed by atoms with Gasteiger partial charge >= 0.3 is 0 Å². The van der Waals surface area contributed by atoms with Crippen molar-refractivity contribution in [3.8, 4) is 6.07 Å². The Morgan fingerprint density at radius 3 is 2.38 bits per heavy atom. The minimum absolute atomic E-state index is 0.132. The maximum atomic E-state index is 13.6. The lowest BCUT2D eigenvalue weighted by Gasteiger charge is -2.26. The molecule has 0 radical (unpaired) electrons. The maximum absolute atomic E-state index is 13.6. The van der Waals surface area contributed by atoms with Gasteiger partial charge in [0.1, 0.15) is 17.6 Å². The van der Waals surface area contributed by atoms with Crippen LogP contribution < -0.4 is 10.6 Å². The summed E-state index contributed by atoms with van der Waals surface area (Å²) >= 11 is 0. The number of nitriles is 1. The third-order valence-electron chi connectivity index (χ3n) is 5.75. The lowest BCUT2D eigenvalue weighted by Crippen LogP contribution is -2.44. The number of hydrogen-bond acceptors (Lipinski definition) is 5. The minimum Gasteiger partial charge on any atom is -0.343 e. The monoisotopic (exact) mass is 461 g/mol. The summed E-state index contributed by atoms with van der Waals surface area (Å²) < 4.78 is 15.1. The van der Waals surface area contributed by atoms with Crippen LogP contribution in [0, 0.1) is 31.0 Å². The lowest BCUT2D eigenvalue weighted by atomic mass is 9.94. The molecule has 2 heterocycles. The van der Waals surface area contributed by atoms with Gasteiger partial charge < -0.3 is 15.2 Å². The van der Waals surface area contributed by atoms with Crippen LogP contribution in [0.4, 0.5) is 10.1 Å². The van der Waals surface area contributed by atoms with Crippen molar-refractivity contribution in [3.63, 3.8) is 0 Å². The summed E-state index contributed by atoms with van der Waals surface area (Å²) in [6, 6.07) is 8.86. The first kappa shape index (κ1) is 24.3. The Balaban J connectivity index is 1.88. The largest absolute Gasteiger partial charge is 0.343 e. The average Bonchev–Trinajstić information content (AvgIpc) is 3.02.